The van der Waals surface area contributed by atoms with Crippen molar-refractivity contribution in [1.29, 1.82) is 0 Å². The SMILES string of the molecule is COCCNc1ccc(CNC(C)(C)C)cn1. The molecule has 0 bridgehead atoms. The van der Waals surface area contributed by atoms with Gasteiger partial charge in [0.2, 0.25) is 0 Å². The van der Waals surface area contributed by atoms with E-state index >= 15 is 0 Å². The molecular weight excluding hydrogens is 214 g/mol. The molecule has 96 valence electrons. The average Bonchev–Trinajstić information content (AvgIpc) is 2.27. The van der Waals surface area contributed by atoms with E-state index in [2.05, 4.69) is 42.5 Å². The lowest BCUT2D eigenvalue weighted by molar-refractivity contribution is 0.210. The molecule has 0 aromatic carbocycles. The van der Waals surface area contributed by atoms with E-state index in [-0.39, 0.29) is 5.54 Å². The molecule has 0 unspecified atom stereocenters. The maximum absolute atomic E-state index is 4.96. The standard InChI is InChI=1S/C13H23N3O/c1-13(2,3)16-10-11-5-6-12(15-9-11)14-7-8-17-4/h5-6,9,16H,7-8,10H2,1-4H3,(H,14,15). The van der Waals surface area contributed by atoms with Crippen molar-refractivity contribution in [2.24, 2.45) is 0 Å². The van der Waals surface area contributed by atoms with Crippen LogP contribution in [0.15, 0.2) is 18.3 Å². The quantitative estimate of drug-likeness (QED) is 0.743. The van der Waals surface area contributed by atoms with E-state index in [0.29, 0.717) is 6.61 Å². The largest absolute Gasteiger partial charge is 0.383 e. The highest BCUT2D eigenvalue weighted by Crippen LogP contribution is 2.06. The normalized spacial score (nSPS) is 11.5. The van der Waals surface area contributed by atoms with Gasteiger partial charge in [0.05, 0.1) is 6.61 Å². The number of anilines is 1. The number of ether oxygens (including phenoxy) is 1. The third-order valence-corrected chi connectivity index (χ3v) is 2.26. The molecule has 0 aliphatic heterocycles. The molecule has 1 aromatic heterocycles. The van der Waals surface area contributed by atoms with Crippen LogP contribution in [0.25, 0.3) is 0 Å². The highest BCUT2D eigenvalue weighted by Gasteiger charge is 2.08. The van der Waals surface area contributed by atoms with E-state index < -0.39 is 0 Å². The lowest BCUT2D eigenvalue weighted by Gasteiger charge is -2.20. The molecule has 0 saturated carbocycles. The van der Waals surface area contributed by atoms with E-state index in [1.54, 1.807) is 7.11 Å². The second kappa shape index (κ2) is 6.57. The predicted octanol–water partition coefficient (Wildman–Crippen LogP) is 2.03. The molecule has 0 aliphatic rings. The zero-order valence-electron chi connectivity index (χ0n) is 11.2. The van der Waals surface area contributed by atoms with Gasteiger partial charge in [-0.3, -0.25) is 0 Å². The van der Waals surface area contributed by atoms with Gasteiger partial charge in [-0.15, -0.1) is 0 Å². The molecule has 1 heterocycles. The fourth-order valence-corrected chi connectivity index (χ4v) is 1.28. The minimum absolute atomic E-state index is 0.134. The Morgan fingerprint density at radius 1 is 1.29 bits per heavy atom. The van der Waals surface area contributed by atoms with Gasteiger partial charge in [0, 0.05) is 31.9 Å². The van der Waals surface area contributed by atoms with Crippen LogP contribution in [-0.2, 0) is 11.3 Å². The first kappa shape index (κ1) is 13.9. The topological polar surface area (TPSA) is 46.2 Å². The van der Waals surface area contributed by atoms with Crippen molar-refractivity contribution in [2.75, 3.05) is 25.6 Å². The van der Waals surface area contributed by atoms with E-state index in [0.717, 1.165) is 18.9 Å². The maximum Gasteiger partial charge on any atom is 0.125 e. The monoisotopic (exact) mass is 237 g/mol. The molecule has 0 aliphatic carbocycles. The summed E-state index contributed by atoms with van der Waals surface area (Å²) in [5, 5.41) is 6.62. The second-order valence-electron chi connectivity index (χ2n) is 5.07. The van der Waals surface area contributed by atoms with Gasteiger partial charge in [-0.1, -0.05) is 6.07 Å². The molecule has 0 radical (unpaired) electrons. The van der Waals surface area contributed by atoms with Crippen LogP contribution in [0.5, 0.6) is 0 Å². The molecule has 1 rings (SSSR count). The van der Waals surface area contributed by atoms with Crippen LogP contribution in [0.1, 0.15) is 26.3 Å². The summed E-state index contributed by atoms with van der Waals surface area (Å²) in [7, 11) is 1.69. The number of rotatable bonds is 6. The summed E-state index contributed by atoms with van der Waals surface area (Å²) in [4.78, 5) is 4.34. The van der Waals surface area contributed by atoms with Crippen molar-refractivity contribution in [3.63, 3.8) is 0 Å². The number of pyridine rings is 1. The molecule has 2 N–H and O–H groups in total. The number of aromatic nitrogens is 1. The van der Waals surface area contributed by atoms with E-state index in [1.165, 1.54) is 5.56 Å². The number of nitrogens with one attached hydrogen (secondary N) is 2. The van der Waals surface area contributed by atoms with Gasteiger partial charge in [-0.05, 0) is 32.4 Å². The van der Waals surface area contributed by atoms with Gasteiger partial charge in [-0.25, -0.2) is 4.98 Å². The van der Waals surface area contributed by atoms with Gasteiger partial charge in [0.1, 0.15) is 5.82 Å². The van der Waals surface area contributed by atoms with Gasteiger partial charge in [-0.2, -0.15) is 0 Å². The van der Waals surface area contributed by atoms with Gasteiger partial charge >= 0.3 is 0 Å². The summed E-state index contributed by atoms with van der Waals surface area (Å²) >= 11 is 0. The van der Waals surface area contributed by atoms with Crippen LogP contribution in [0.2, 0.25) is 0 Å². The predicted molar refractivity (Wildman–Crippen MR) is 71.2 cm³/mol. The van der Waals surface area contributed by atoms with Crippen molar-refractivity contribution in [2.45, 2.75) is 32.9 Å². The molecule has 4 nitrogen and oxygen atoms in total. The highest BCUT2D eigenvalue weighted by molar-refractivity contribution is 5.35. The number of methoxy groups -OCH3 is 1. The molecule has 0 spiro atoms. The van der Waals surface area contributed by atoms with E-state index in [1.807, 2.05) is 12.3 Å². The first-order chi connectivity index (χ1) is 8.01. The lowest BCUT2D eigenvalue weighted by atomic mass is 10.1. The molecule has 4 heteroatoms. The van der Waals surface area contributed by atoms with Crippen LogP contribution in [0.4, 0.5) is 5.82 Å². The third-order valence-electron chi connectivity index (χ3n) is 2.26. The molecule has 0 atom stereocenters. The van der Waals surface area contributed by atoms with Crippen molar-refractivity contribution >= 4 is 5.82 Å². The maximum atomic E-state index is 4.96. The lowest BCUT2D eigenvalue weighted by Crippen LogP contribution is -2.35. The third kappa shape index (κ3) is 6.24. The zero-order chi connectivity index (χ0) is 12.7. The highest BCUT2D eigenvalue weighted by atomic mass is 16.5. The van der Waals surface area contributed by atoms with Crippen molar-refractivity contribution in [3.8, 4) is 0 Å². The molecular formula is C13H23N3O. The zero-order valence-corrected chi connectivity index (χ0v) is 11.2. The van der Waals surface area contributed by atoms with Crippen molar-refractivity contribution < 1.29 is 4.74 Å². The Morgan fingerprint density at radius 3 is 2.59 bits per heavy atom. The minimum Gasteiger partial charge on any atom is -0.383 e. The van der Waals surface area contributed by atoms with Crippen LogP contribution in [0.3, 0.4) is 0 Å². The number of nitrogens with zero attached hydrogens (tertiary/aromatic N) is 1. The summed E-state index contributed by atoms with van der Waals surface area (Å²) in [6.45, 7) is 8.77. The number of hydrogen-bond donors (Lipinski definition) is 2. The van der Waals surface area contributed by atoms with Crippen LogP contribution < -0.4 is 10.6 Å². The first-order valence-corrected chi connectivity index (χ1v) is 5.94. The summed E-state index contributed by atoms with van der Waals surface area (Å²) in [5.74, 6) is 0.890. The fourth-order valence-electron chi connectivity index (χ4n) is 1.28. The van der Waals surface area contributed by atoms with Gasteiger partial charge in [0.15, 0.2) is 0 Å². The Balaban J connectivity index is 2.39. The molecule has 1 aromatic rings. The summed E-state index contributed by atoms with van der Waals surface area (Å²) in [5.41, 5.74) is 1.33. The fraction of sp³-hybridized carbons (Fsp3) is 0.615. The number of hydrogen-bond acceptors (Lipinski definition) is 4. The average molecular weight is 237 g/mol. The summed E-state index contributed by atoms with van der Waals surface area (Å²) in [6, 6.07) is 4.08. The minimum atomic E-state index is 0.134. The smallest absolute Gasteiger partial charge is 0.125 e. The van der Waals surface area contributed by atoms with E-state index in [4.69, 9.17) is 4.74 Å². The van der Waals surface area contributed by atoms with Crippen LogP contribution in [-0.4, -0.2) is 30.8 Å². The van der Waals surface area contributed by atoms with Crippen molar-refractivity contribution in [1.82, 2.24) is 10.3 Å². The molecule has 0 saturated heterocycles. The Labute approximate surface area is 104 Å². The molecule has 17 heavy (non-hydrogen) atoms. The molecule has 0 amide bonds. The first-order valence-electron chi connectivity index (χ1n) is 5.94. The summed E-state index contributed by atoms with van der Waals surface area (Å²) < 4.78 is 4.96. The van der Waals surface area contributed by atoms with Crippen LogP contribution in [0, 0.1) is 0 Å². The molecule has 0 fully saturated rings. The van der Waals surface area contributed by atoms with Crippen molar-refractivity contribution in [3.05, 3.63) is 23.9 Å². The van der Waals surface area contributed by atoms with Gasteiger partial charge in [0.25, 0.3) is 0 Å². The Morgan fingerprint density at radius 2 is 2.06 bits per heavy atom. The van der Waals surface area contributed by atoms with Crippen LogP contribution >= 0.6 is 0 Å². The Hall–Kier alpha value is -1.13. The summed E-state index contributed by atoms with van der Waals surface area (Å²) in [6.07, 6.45) is 1.90. The second-order valence-corrected chi connectivity index (χ2v) is 5.07. The Bertz CT molecular complexity index is 316. The van der Waals surface area contributed by atoms with E-state index in [9.17, 15) is 0 Å². The Kier molecular flexibility index (Phi) is 5.38. The van der Waals surface area contributed by atoms with Gasteiger partial charge < -0.3 is 15.4 Å².